The molecule has 7 heteroatoms. The summed E-state index contributed by atoms with van der Waals surface area (Å²) in [6, 6.07) is 9.33. The van der Waals surface area contributed by atoms with Crippen LogP contribution in [0.25, 0.3) is 0 Å². The topological polar surface area (TPSA) is 72.5 Å². The van der Waals surface area contributed by atoms with Gasteiger partial charge in [-0.1, -0.05) is 23.8 Å². The fourth-order valence-electron chi connectivity index (χ4n) is 1.82. The van der Waals surface area contributed by atoms with Gasteiger partial charge in [-0.05, 0) is 36.9 Å². The molecule has 0 radical (unpaired) electrons. The van der Waals surface area contributed by atoms with E-state index >= 15 is 0 Å². The van der Waals surface area contributed by atoms with Crippen LogP contribution in [-0.2, 0) is 14.3 Å². The van der Waals surface area contributed by atoms with Crippen molar-refractivity contribution in [3.8, 4) is 0 Å². The lowest BCUT2D eigenvalue weighted by molar-refractivity contribution is -0.145. The summed E-state index contributed by atoms with van der Waals surface area (Å²) in [5.41, 5.74) is 2.20. The Bertz CT molecular complexity index is 741. The van der Waals surface area contributed by atoms with Crippen molar-refractivity contribution < 1.29 is 19.1 Å². The summed E-state index contributed by atoms with van der Waals surface area (Å²) >= 11 is 2.59. The maximum absolute atomic E-state index is 11.7. The number of carbonyl (C=O) groups is 3. The Kier molecular flexibility index (Phi) is 6.57. The minimum absolute atomic E-state index is 0.108. The average molecular weight is 363 g/mol. The van der Waals surface area contributed by atoms with Gasteiger partial charge in [0.25, 0.3) is 11.8 Å². The average Bonchev–Trinajstić information content (AvgIpc) is 3.08. The molecule has 0 aliphatic carbocycles. The van der Waals surface area contributed by atoms with Crippen LogP contribution in [0.5, 0.6) is 0 Å². The van der Waals surface area contributed by atoms with Crippen LogP contribution in [0.2, 0.25) is 0 Å². The van der Waals surface area contributed by atoms with Gasteiger partial charge in [-0.3, -0.25) is 19.7 Å². The molecule has 2 amide bonds. The van der Waals surface area contributed by atoms with Crippen molar-refractivity contribution >= 4 is 40.9 Å². The molecule has 0 aliphatic heterocycles. The van der Waals surface area contributed by atoms with Gasteiger partial charge < -0.3 is 4.74 Å². The van der Waals surface area contributed by atoms with Gasteiger partial charge in [0.1, 0.15) is 0 Å². The molecule has 0 bridgehead atoms. The van der Waals surface area contributed by atoms with E-state index in [9.17, 15) is 14.4 Å². The highest BCUT2D eigenvalue weighted by atomic mass is 32.2. The number of amides is 2. The number of ether oxygens (including phenoxy) is 1. The molecule has 0 saturated carbocycles. The van der Waals surface area contributed by atoms with Crippen LogP contribution in [-0.4, -0.2) is 30.1 Å². The summed E-state index contributed by atoms with van der Waals surface area (Å²) in [5.74, 6) is -1.52. The highest BCUT2D eigenvalue weighted by Gasteiger charge is 2.13. The Labute approximate surface area is 148 Å². The standard InChI is InChI=1S/C17H17NO4S2/c1-11-5-6-12(2)14(8-11)24-10-16(20)22-9-15(19)18-17(21)13-4-3-7-23-13/h3-8H,9-10H2,1-2H3,(H,18,19,21). The van der Waals surface area contributed by atoms with E-state index in [-0.39, 0.29) is 5.75 Å². The molecule has 1 aromatic carbocycles. The van der Waals surface area contributed by atoms with E-state index in [4.69, 9.17) is 4.74 Å². The molecule has 2 rings (SSSR count). The minimum atomic E-state index is -0.640. The highest BCUT2D eigenvalue weighted by molar-refractivity contribution is 8.00. The van der Waals surface area contributed by atoms with Crippen molar-refractivity contribution in [2.45, 2.75) is 18.7 Å². The summed E-state index contributed by atoms with van der Waals surface area (Å²) in [7, 11) is 0. The van der Waals surface area contributed by atoms with E-state index < -0.39 is 24.4 Å². The molecule has 126 valence electrons. The monoisotopic (exact) mass is 363 g/mol. The smallest absolute Gasteiger partial charge is 0.316 e. The molecule has 0 aliphatic rings. The van der Waals surface area contributed by atoms with Gasteiger partial charge in [0, 0.05) is 4.90 Å². The normalized spacial score (nSPS) is 10.2. The van der Waals surface area contributed by atoms with Crippen molar-refractivity contribution in [2.75, 3.05) is 12.4 Å². The van der Waals surface area contributed by atoms with Crippen molar-refractivity contribution in [1.82, 2.24) is 5.32 Å². The summed E-state index contributed by atoms with van der Waals surface area (Å²) in [6.45, 7) is 3.48. The molecule has 0 fully saturated rings. The molecule has 1 heterocycles. The van der Waals surface area contributed by atoms with Gasteiger partial charge in [-0.2, -0.15) is 0 Å². The number of thiophene rings is 1. The van der Waals surface area contributed by atoms with Crippen LogP contribution in [0.4, 0.5) is 0 Å². The third kappa shape index (κ3) is 5.50. The number of carbonyl (C=O) groups excluding carboxylic acids is 3. The third-order valence-corrected chi connectivity index (χ3v) is 5.05. The number of benzene rings is 1. The first-order valence-corrected chi connectivity index (χ1v) is 9.05. The fraction of sp³-hybridized carbons (Fsp3) is 0.235. The van der Waals surface area contributed by atoms with Gasteiger partial charge in [0.15, 0.2) is 6.61 Å². The van der Waals surface area contributed by atoms with Crippen molar-refractivity contribution in [3.63, 3.8) is 0 Å². The van der Waals surface area contributed by atoms with Gasteiger partial charge in [-0.25, -0.2) is 0 Å². The summed E-state index contributed by atoms with van der Waals surface area (Å²) < 4.78 is 4.89. The third-order valence-electron chi connectivity index (χ3n) is 3.05. The molecule has 0 unspecified atom stereocenters. The number of hydrogen-bond donors (Lipinski definition) is 1. The lowest BCUT2D eigenvalue weighted by atomic mass is 10.2. The molecule has 2 aromatic rings. The predicted octanol–water partition coefficient (Wildman–Crippen LogP) is 2.96. The van der Waals surface area contributed by atoms with E-state index in [2.05, 4.69) is 5.32 Å². The molecule has 5 nitrogen and oxygen atoms in total. The van der Waals surface area contributed by atoms with Gasteiger partial charge in [0.2, 0.25) is 0 Å². The zero-order valence-corrected chi connectivity index (χ0v) is 15.0. The Morgan fingerprint density at radius 3 is 2.71 bits per heavy atom. The van der Waals surface area contributed by atoms with E-state index in [1.54, 1.807) is 17.5 Å². The summed E-state index contributed by atoms with van der Waals surface area (Å²) in [4.78, 5) is 36.4. The Morgan fingerprint density at radius 1 is 1.21 bits per heavy atom. The Balaban J connectivity index is 1.73. The number of thioether (sulfide) groups is 1. The maximum Gasteiger partial charge on any atom is 0.316 e. The van der Waals surface area contributed by atoms with E-state index in [0.29, 0.717) is 4.88 Å². The van der Waals surface area contributed by atoms with Crippen LogP contribution < -0.4 is 5.32 Å². The Morgan fingerprint density at radius 2 is 2.00 bits per heavy atom. The molecular weight excluding hydrogens is 346 g/mol. The van der Waals surface area contributed by atoms with E-state index in [1.165, 1.54) is 23.1 Å². The molecule has 24 heavy (non-hydrogen) atoms. The quantitative estimate of drug-likeness (QED) is 0.631. The Hall–Kier alpha value is -2.12. The van der Waals surface area contributed by atoms with Gasteiger partial charge in [0.05, 0.1) is 10.6 Å². The zero-order chi connectivity index (χ0) is 17.5. The fourth-order valence-corrected chi connectivity index (χ4v) is 3.36. The van der Waals surface area contributed by atoms with E-state index in [0.717, 1.165) is 16.0 Å². The van der Waals surface area contributed by atoms with Crippen LogP contribution in [0.3, 0.4) is 0 Å². The molecule has 1 N–H and O–H groups in total. The second kappa shape index (κ2) is 8.65. The number of rotatable bonds is 6. The molecule has 0 atom stereocenters. The van der Waals surface area contributed by atoms with Crippen LogP contribution in [0.1, 0.15) is 20.8 Å². The number of aryl methyl sites for hydroxylation is 2. The molecule has 1 aromatic heterocycles. The SMILES string of the molecule is Cc1ccc(C)c(SCC(=O)OCC(=O)NC(=O)c2cccs2)c1. The second-order valence-corrected chi connectivity index (χ2v) is 7.04. The molecule has 0 saturated heterocycles. The first-order chi connectivity index (χ1) is 11.5. The van der Waals surface area contributed by atoms with Crippen molar-refractivity contribution in [2.24, 2.45) is 0 Å². The number of nitrogens with one attached hydrogen (secondary N) is 1. The number of imide groups is 1. The largest absolute Gasteiger partial charge is 0.455 e. The lowest BCUT2D eigenvalue weighted by Crippen LogP contribution is -2.33. The lowest BCUT2D eigenvalue weighted by Gasteiger charge is -2.07. The highest BCUT2D eigenvalue weighted by Crippen LogP contribution is 2.23. The first-order valence-electron chi connectivity index (χ1n) is 7.19. The van der Waals surface area contributed by atoms with Gasteiger partial charge >= 0.3 is 5.97 Å². The summed E-state index contributed by atoms with van der Waals surface area (Å²) in [6.07, 6.45) is 0. The zero-order valence-electron chi connectivity index (χ0n) is 13.3. The minimum Gasteiger partial charge on any atom is -0.455 e. The van der Waals surface area contributed by atoms with Crippen LogP contribution in [0, 0.1) is 13.8 Å². The van der Waals surface area contributed by atoms with Crippen LogP contribution >= 0.6 is 23.1 Å². The second-order valence-electron chi connectivity index (χ2n) is 5.07. The van der Waals surface area contributed by atoms with Crippen molar-refractivity contribution in [3.05, 3.63) is 51.7 Å². The number of hydrogen-bond acceptors (Lipinski definition) is 6. The maximum atomic E-state index is 11.7. The van der Waals surface area contributed by atoms with E-state index in [1.807, 2.05) is 32.0 Å². The van der Waals surface area contributed by atoms with Crippen molar-refractivity contribution in [1.29, 1.82) is 0 Å². The molecule has 0 spiro atoms. The van der Waals surface area contributed by atoms with Gasteiger partial charge in [-0.15, -0.1) is 23.1 Å². The van der Waals surface area contributed by atoms with Crippen LogP contribution in [0.15, 0.2) is 40.6 Å². The predicted molar refractivity (Wildman–Crippen MR) is 94.4 cm³/mol. The first kappa shape index (κ1) is 18.2. The molecular formula is C17H17NO4S2. The number of esters is 1. The summed E-state index contributed by atoms with van der Waals surface area (Å²) in [5, 5.41) is 3.92.